The molecule has 17 heavy (non-hydrogen) atoms. The number of nitrogens with zero attached hydrogens (tertiary/aromatic N) is 1. The Morgan fingerprint density at radius 2 is 1.94 bits per heavy atom. The molecule has 3 rings (SSSR count). The molecule has 0 atom stereocenters. The van der Waals surface area contributed by atoms with Gasteiger partial charge < -0.3 is 10.3 Å². The predicted molar refractivity (Wildman–Crippen MR) is 63.6 cm³/mol. The van der Waals surface area contributed by atoms with Crippen LogP contribution in [0.15, 0.2) is 29.0 Å². The summed E-state index contributed by atoms with van der Waals surface area (Å²) < 4.78 is 26.8. The minimum absolute atomic E-state index is 0.201. The molecule has 2 N–H and O–H groups in total. The molecule has 0 amide bonds. The van der Waals surface area contributed by atoms with Crippen molar-refractivity contribution < 1.29 is 8.78 Å². The second-order valence-corrected chi connectivity index (χ2v) is 4.22. The quantitative estimate of drug-likeness (QED) is 0.730. The molecule has 0 saturated carbocycles. The first-order valence-electron chi connectivity index (χ1n) is 4.87. The summed E-state index contributed by atoms with van der Waals surface area (Å²) in [6.07, 6.45) is 0. The molecular weight excluding hydrogens is 244 g/mol. The van der Waals surface area contributed by atoms with Gasteiger partial charge in [0.15, 0.2) is 0 Å². The van der Waals surface area contributed by atoms with Crippen LogP contribution >= 0.6 is 11.3 Å². The molecule has 1 aromatic carbocycles. The topological polar surface area (TPSA) is 40.7 Å². The number of rotatable bonds is 2. The normalized spacial score (nSPS) is 10.9. The Labute approximate surface area is 99.1 Å². The van der Waals surface area contributed by atoms with Crippen molar-refractivity contribution in [3.05, 3.63) is 40.6 Å². The van der Waals surface area contributed by atoms with Crippen molar-refractivity contribution in [2.45, 2.75) is 0 Å². The van der Waals surface area contributed by atoms with Gasteiger partial charge in [-0.05, 0) is 12.1 Å². The van der Waals surface area contributed by atoms with E-state index >= 15 is 0 Å². The van der Waals surface area contributed by atoms with Crippen LogP contribution in [0.25, 0.3) is 11.0 Å². The summed E-state index contributed by atoms with van der Waals surface area (Å²) in [6.45, 7) is 0. The summed E-state index contributed by atoms with van der Waals surface area (Å²) in [5.74, 6) is -0.973. The molecular formula is C11H7F2N3S. The smallest absolute Gasteiger partial charge is 0.205 e. The first-order chi connectivity index (χ1) is 8.24. The number of nitrogens with one attached hydrogen (secondary N) is 2. The van der Waals surface area contributed by atoms with Crippen LogP contribution in [-0.2, 0) is 0 Å². The molecule has 6 heteroatoms. The molecule has 0 radical (unpaired) electrons. The third-order valence-electron chi connectivity index (χ3n) is 2.33. The van der Waals surface area contributed by atoms with Gasteiger partial charge in [-0.1, -0.05) is 6.07 Å². The number of halogens is 2. The molecule has 3 nitrogen and oxygen atoms in total. The number of hydrogen-bond acceptors (Lipinski definition) is 3. The monoisotopic (exact) mass is 251 g/mol. The van der Waals surface area contributed by atoms with Crippen LogP contribution in [0.1, 0.15) is 0 Å². The lowest BCUT2D eigenvalue weighted by atomic mass is 10.3. The van der Waals surface area contributed by atoms with Crippen molar-refractivity contribution in [3.8, 4) is 0 Å². The van der Waals surface area contributed by atoms with E-state index in [4.69, 9.17) is 0 Å². The fraction of sp³-hybridized carbons (Fsp3) is 0. The van der Waals surface area contributed by atoms with E-state index in [1.54, 1.807) is 0 Å². The summed E-state index contributed by atoms with van der Waals surface area (Å²) in [6, 6.07) is 3.70. The zero-order valence-electron chi connectivity index (χ0n) is 8.50. The van der Waals surface area contributed by atoms with E-state index in [0.717, 1.165) is 11.0 Å². The highest BCUT2D eigenvalue weighted by atomic mass is 32.1. The van der Waals surface area contributed by atoms with Gasteiger partial charge in [-0.25, -0.2) is 13.8 Å². The maximum Gasteiger partial charge on any atom is 0.205 e. The Hall–Kier alpha value is -1.95. The maximum absolute atomic E-state index is 13.4. The summed E-state index contributed by atoms with van der Waals surface area (Å²) >= 11 is 1.51. The van der Waals surface area contributed by atoms with Gasteiger partial charge in [0, 0.05) is 10.8 Å². The molecule has 86 valence electrons. The van der Waals surface area contributed by atoms with Gasteiger partial charge in [0.25, 0.3) is 0 Å². The van der Waals surface area contributed by atoms with Crippen LogP contribution in [0.5, 0.6) is 0 Å². The van der Waals surface area contributed by atoms with Crippen molar-refractivity contribution in [3.63, 3.8) is 0 Å². The van der Waals surface area contributed by atoms with E-state index in [-0.39, 0.29) is 5.69 Å². The molecule has 2 aromatic heterocycles. The molecule has 0 fully saturated rings. The lowest BCUT2D eigenvalue weighted by molar-refractivity contribution is 0.590. The second-order valence-electron chi connectivity index (χ2n) is 3.48. The van der Waals surface area contributed by atoms with Crippen molar-refractivity contribution in [1.29, 1.82) is 0 Å². The van der Waals surface area contributed by atoms with Crippen LogP contribution in [0.2, 0.25) is 0 Å². The molecule has 0 unspecified atom stereocenters. The van der Waals surface area contributed by atoms with Crippen LogP contribution < -0.4 is 5.32 Å². The van der Waals surface area contributed by atoms with Crippen LogP contribution in [0.4, 0.5) is 20.4 Å². The summed E-state index contributed by atoms with van der Waals surface area (Å²) in [7, 11) is 0. The summed E-state index contributed by atoms with van der Waals surface area (Å²) in [5, 5.41) is 6.34. The lowest BCUT2D eigenvalue weighted by Gasteiger charge is -2.04. The average Bonchev–Trinajstić information content (AvgIpc) is 2.83. The average molecular weight is 251 g/mol. The Morgan fingerprint density at radius 3 is 2.65 bits per heavy atom. The fourth-order valence-corrected chi connectivity index (χ4v) is 2.23. The van der Waals surface area contributed by atoms with Crippen molar-refractivity contribution in [2.24, 2.45) is 0 Å². The Morgan fingerprint density at radius 1 is 1.18 bits per heavy atom. The molecule has 0 aliphatic carbocycles. The van der Waals surface area contributed by atoms with Gasteiger partial charge in [0.1, 0.15) is 22.8 Å². The van der Waals surface area contributed by atoms with Gasteiger partial charge in [0.2, 0.25) is 5.95 Å². The van der Waals surface area contributed by atoms with Crippen molar-refractivity contribution >= 4 is 34.0 Å². The van der Waals surface area contributed by atoms with Crippen molar-refractivity contribution in [1.82, 2.24) is 9.97 Å². The number of thiophene rings is 1. The molecule has 3 aromatic rings. The number of aromatic amines is 1. The first kappa shape index (κ1) is 10.2. The zero-order valence-corrected chi connectivity index (χ0v) is 9.31. The number of aromatic nitrogens is 2. The Bertz CT molecular complexity index is 625. The number of anilines is 2. The summed E-state index contributed by atoms with van der Waals surface area (Å²) in [4.78, 5) is 7.09. The van der Waals surface area contributed by atoms with E-state index in [1.807, 2.05) is 10.8 Å². The molecule has 0 aliphatic rings. The van der Waals surface area contributed by atoms with Gasteiger partial charge >= 0.3 is 0 Å². The fourth-order valence-electron chi connectivity index (χ4n) is 1.54. The van der Waals surface area contributed by atoms with Crippen LogP contribution in [-0.4, -0.2) is 9.97 Å². The molecule has 0 saturated heterocycles. The number of hydrogen-bond donors (Lipinski definition) is 2. The van der Waals surface area contributed by atoms with Gasteiger partial charge in [-0.15, -0.1) is 11.3 Å². The Kier molecular flexibility index (Phi) is 2.29. The highest BCUT2D eigenvalue weighted by molar-refractivity contribution is 7.09. The Balaban J connectivity index is 1.99. The summed E-state index contributed by atoms with van der Waals surface area (Å²) in [5.41, 5.74) is 1.41. The highest BCUT2D eigenvalue weighted by Gasteiger charge is 2.10. The van der Waals surface area contributed by atoms with Crippen LogP contribution in [0, 0.1) is 11.6 Å². The maximum atomic E-state index is 13.4. The van der Waals surface area contributed by atoms with E-state index in [2.05, 4.69) is 15.3 Å². The van der Waals surface area contributed by atoms with Crippen LogP contribution in [0.3, 0.4) is 0 Å². The minimum atomic E-state index is -0.649. The van der Waals surface area contributed by atoms with Gasteiger partial charge in [0.05, 0.1) is 5.52 Å². The van der Waals surface area contributed by atoms with E-state index in [1.165, 1.54) is 29.5 Å². The zero-order chi connectivity index (χ0) is 11.8. The second kappa shape index (κ2) is 3.81. The standard InChI is InChI=1S/C11H7F2N3S/c12-6-2-1-3-7(13)10(6)16-11-14-8-4-17-5-9(8)15-11/h1-5H,(H2,14,15,16). The number of fused-ring (bicyclic) bond motifs is 1. The highest BCUT2D eigenvalue weighted by Crippen LogP contribution is 2.24. The number of para-hydroxylation sites is 1. The molecule has 0 bridgehead atoms. The molecule has 0 aliphatic heterocycles. The minimum Gasteiger partial charge on any atom is -0.323 e. The number of imidazole rings is 1. The molecule has 2 heterocycles. The largest absolute Gasteiger partial charge is 0.323 e. The van der Waals surface area contributed by atoms with Gasteiger partial charge in [-0.2, -0.15) is 0 Å². The third kappa shape index (κ3) is 1.76. The van der Waals surface area contributed by atoms with E-state index in [9.17, 15) is 8.78 Å². The van der Waals surface area contributed by atoms with Gasteiger partial charge in [-0.3, -0.25) is 0 Å². The third-order valence-corrected chi connectivity index (χ3v) is 3.06. The lowest BCUT2D eigenvalue weighted by Crippen LogP contribution is -1.98. The van der Waals surface area contributed by atoms with E-state index < -0.39 is 11.6 Å². The van der Waals surface area contributed by atoms with E-state index in [0.29, 0.717) is 5.95 Å². The number of benzene rings is 1. The first-order valence-corrected chi connectivity index (χ1v) is 5.81. The number of H-pyrrole nitrogens is 1. The molecule has 0 spiro atoms. The predicted octanol–water partition coefficient (Wildman–Crippen LogP) is 3.65. The van der Waals surface area contributed by atoms with Crippen molar-refractivity contribution in [2.75, 3.05) is 5.32 Å². The SMILES string of the molecule is Fc1cccc(F)c1Nc1nc2cscc2[nH]1.